The van der Waals surface area contributed by atoms with Gasteiger partial charge in [-0.3, -0.25) is 0 Å². The molecule has 2 saturated carbocycles. The van der Waals surface area contributed by atoms with Crippen LogP contribution in [-0.2, 0) is 9.84 Å². The zero-order chi connectivity index (χ0) is 12.5. The lowest BCUT2D eigenvalue weighted by atomic mass is 9.71. The molecule has 0 spiro atoms. The number of sulfone groups is 1. The van der Waals surface area contributed by atoms with E-state index in [0.29, 0.717) is 11.7 Å². The maximum absolute atomic E-state index is 11.5. The summed E-state index contributed by atoms with van der Waals surface area (Å²) in [6.07, 6.45) is 6.57. The number of rotatable bonds is 6. The van der Waals surface area contributed by atoms with E-state index < -0.39 is 9.84 Å². The fourth-order valence-electron chi connectivity index (χ4n) is 3.93. The largest absolute Gasteiger partial charge is 0.396 e. The predicted molar refractivity (Wildman–Crippen MR) is 68.5 cm³/mol. The molecule has 0 radical (unpaired) electrons. The molecule has 0 heterocycles. The first-order chi connectivity index (χ1) is 8.01. The monoisotopic (exact) mass is 260 g/mol. The van der Waals surface area contributed by atoms with E-state index in [1.165, 1.54) is 19.3 Å². The number of aliphatic hydroxyl groups is 1. The van der Waals surface area contributed by atoms with Crippen LogP contribution in [0.4, 0.5) is 0 Å². The second-order valence-electron chi connectivity index (χ2n) is 5.94. The van der Waals surface area contributed by atoms with Gasteiger partial charge in [0.25, 0.3) is 0 Å². The minimum Gasteiger partial charge on any atom is -0.396 e. The summed E-state index contributed by atoms with van der Waals surface area (Å²) in [4.78, 5) is 0. The predicted octanol–water partition coefficient (Wildman–Crippen LogP) is 2.00. The van der Waals surface area contributed by atoms with E-state index in [1.807, 2.05) is 0 Å². The minimum atomic E-state index is -2.84. The first-order valence-electron chi connectivity index (χ1n) is 6.82. The zero-order valence-electron chi connectivity index (χ0n) is 10.7. The molecule has 2 bridgehead atoms. The van der Waals surface area contributed by atoms with Gasteiger partial charge in [0, 0.05) is 12.4 Å². The molecule has 4 heteroatoms. The molecular formula is C13H24O3S. The van der Waals surface area contributed by atoms with Gasteiger partial charge in [-0.15, -0.1) is 0 Å². The molecule has 17 heavy (non-hydrogen) atoms. The average Bonchev–Trinajstić information content (AvgIpc) is 2.89. The molecule has 2 fully saturated rings. The Kier molecular flexibility index (Phi) is 3.83. The molecule has 3 nitrogen and oxygen atoms in total. The van der Waals surface area contributed by atoms with E-state index in [-0.39, 0.29) is 17.8 Å². The maximum Gasteiger partial charge on any atom is 0.150 e. The Morgan fingerprint density at radius 3 is 2.59 bits per heavy atom. The van der Waals surface area contributed by atoms with Crippen molar-refractivity contribution in [3.8, 4) is 0 Å². The summed E-state index contributed by atoms with van der Waals surface area (Å²) in [5.74, 6) is 1.99. The van der Waals surface area contributed by atoms with Crippen LogP contribution in [0, 0.1) is 17.3 Å². The standard InChI is InChI=1S/C13H24O3S/c1-2-17(15,16)7-3-6-13(10-14)9-11-4-5-12(13)8-11/h11-12,14H,2-10H2,1H3. The molecule has 100 valence electrons. The highest BCUT2D eigenvalue weighted by Crippen LogP contribution is 2.57. The maximum atomic E-state index is 11.5. The van der Waals surface area contributed by atoms with E-state index in [1.54, 1.807) is 6.92 Å². The third kappa shape index (κ3) is 2.68. The third-order valence-electron chi connectivity index (χ3n) is 4.99. The van der Waals surface area contributed by atoms with Gasteiger partial charge in [0.1, 0.15) is 9.84 Å². The highest BCUT2D eigenvalue weighted by atomic mass is 32.2. The molecule has 0 amide bonds. The fraction of sp³-hybridized carbons (Fsp3) is 1.00. The highest BCUT2D eigenvalue weighted by molar-refractivity contribution is 7.91. The summed E-state index contributed by atoms with van der Waals surface area (Å²) in [5.41, 5.74) is 0.0617. The molecule has 2 aliphatic carbocycles. The van der Waals surface area contributed by atoms with Crippen molar-refractivity contribution >= 4 is 9.84 Å². The first-order valence-corrected chi connectivity index (χ1v) is 8.65. The van der Waals surface area contributed by atoms with E-state index >= 15 is 0 Å². The van der Waals surface area contributed by atoms with Gasteiger partial charge in [-0.1, -0.05) is 13.3 Å². The number of aliphatic hydroxyl groups excluding tert-OH is 1. The van der Waals surface area contributed by atoms with Crippen LogP contribution < -0.4 is 0 Å². The lowest BCUT2D eigenvalue weighted by molar-refractivity contribution is 0.0557. The summed E-state index contributed by atoms with van der Waals surface area (Å²) in [5, 5.41) is 9.68. The lowest BCUT2D eigenvalue weighted by Gasteiger charge is -2.36. The Bertz CT molecular complexity index is 363. The van der Waals surface area contributed by atoms with Gasteiger partial charge in [-0.2, -0.15) is 0 Å². The molecule has 1 N–H and O–H groups in total. The van der Waals surface area contributed by atoms with E-state index in [9.17, 15) is 13.5 Å². The molecule has 0 aliphatic heterocycles. The molecule has 0 aromatic heterocycles. The Balaban J connectivity index is 1.89. The van der Waals surface area contributed by atoms with E-state index in [0.717, 1.165) is 25.2 Å². The Hall–Kier alpha value is -0.0900. The van der Waals surface area contributed by atoms with Crippen molar-refractivity contribution in [1.29, 1.82) is 0 Å². The molecular weight excluding hydrogens is 236 g/mol. The number of fused-ring (bicyclic) bond motifs is 2. The third-order valence-corrected chi connectivity index (χ3v) is 6.78. The molecule has 0 aromatic rings. The second-order valence-corrected chi connectivity index (χ2v) is 8.41. The van der Waals surface area contributed by atoms with Crippen LogP contribution in [0.15, 0.2) is 0 Å². The van der Waals surface area contributed by atoms with Crippen LogP contribution in [0.5, 0.6) is 0 Å². The molecule has 3 atom stereocenters. The Morgan fingerprint density at radius 2 is 2.12 bits per heavy atom. The van der Waals surface area contributed by atoms with Crippen LogP contribution in [0.25, 0.3) is 0 Å². The van der Waals surface area contributed by atoms with Crippen LogP contribution in [-0.4, -0.2) is 31.6 Å². The van der Waals surface area contributed by atoms with E-state index in [2.05, 4.69) is 0 Å². The van der Waals surface area contributed by atoms with E-state index in [4.69, 9.17) is 0 Å². The molecule has 0 aromatic carbocycles. The zero-order valence-corrected chi connectivity index (χ0v) is 11.5. The van der Waals surface area contributed by atoms with Crippen molar-refractivity contribution in [2.24, 2.45) is 17.3 Å². The van der Waals surface area contributed by atoms with Gasteiger partial charge >= 0.3 is 0 Å². The van der Waals surface area contributed by atoms with Crippen molar-refractivity contribution in [3.63, 3.8) is 0 Å². The van der Waals surface area contributed by atoms with Gasteiger partial charge in [-0.05, 0) is 49.4 Å². The van der Waals surface area contributed by atoms with Crippen molar-refractivity contribution in [1.82, 2.24) is 0 Å². The average molecular weight is 260 g/mol. The van der Waals surface area contributed by atoms with Gasteiger partial charge in [-0.25, -0.2) is 8.42 Å². The molecule has 2 aliphatic rings. The molecule has 0 saturated heterocycles. The number of hydrogen-bond donors (Lipinski definition) is 1. The van der Waals surface area contributed by atoms with Crippen molar-refractivity contribution in [2.75, 3.05) is 18.1 Å². The highest BCUT2D eigenvalue weighted by Gasteiger charge is 2.49. The summed E-state index contributed by atoms with van der Waals surface area (Å²) < 4.78 is 22.9. The number of hydrogen-bond acceptors (Lipinski definition) is 3. The van der Waals surface area contributed by atoms with Gasteiger partial charge < -0.3 is 5.11 Å². The Labute approximate surface area is 105 Å². The van der Waals surface area contributed by atoms with Crippen LogP contribution in [0.1, 0.15) is 45.4 Å². The first kappa shape index (κ1) is 13.3. The smallest absolute Gasteiger partial charge is 0.150 e. The second kappa shape index (κ2) is 4.88. The summed E-state index contributed by atoms with van der Waals surface area (Å²) in [6, 6.07) is 0. The van der Waals surface area contributed by atoms with Crippen LogP contribution in [0.2, 0.25) is 0 Å². The lowest BCUT2D eigenvalue weighted by Crippen LogP contribution is -2.32. The van der Waals surface area contributed by atoms with Gasteiger partial charge in [0.15, 0.2) is 0 Å². The Morgan fingerprint density at radius 1 is 1.35 bits per heavy atom. The molecule has 2 rings (SSSR count). The van der Waals surface area contributed by atoms with Crippen molar-refractivity contribution in [2.45, 2.75) is 45.4 Å². The van der Waals surface area contributed by atoms with Crippen LogP contribution >= 0.6 is 0 Å². The van der Waals surface area contributed by atoms with Gasteiger partial charge in [0.05, 0.1) is 5.75 Å². The fourth-order valence-corrected chi connectivity index (χ4v) is 4.80. The summed E-state index contributed by atoms with van der Waals surface area (Å²) in [6.45, 7) is 1.95. The molecule has 3 unspecified atom stereocenters. The summed E-state index contributed by atoms with van der Waals surface area (Å²) in [7, 11) is -2.84. The van der Waals surface area contributed by atoms with Crippen molar-refractivity contribution < 1.29 is 13.5 Å². The topological polar surface area (TPSA) is 54.4 Å². The van der Waals surface area contributed by atoms with Crippen LogP contribution in [0.3, 0.4) is 0 Å². The van der Waals surface area contributed by atoms with Crippen molar-refractivity contribution in [3.05, 3.63) is 0 Å². The minimum absolute atomic E-state index is 0.0617. The summed E-state index contributed by atoms with van der Waals surface area (Å²) >= 11 is 0. The normalized spacial score (nSPS) is 36.6. The quantitative estimate of drug-likeness (QED) is 0.794. The SMILES string of the molecule is CCS(=O)(=O)CCCC1(CO)CC2CCC1C2. The van der Waals surface area contributed by atoms with Gasteiger partial charge in [0.2, 0.25) is 0 Å².